The molecule has 1 aromatic carbocycles. The zero-order valence-corrected chi connectivity index (χ0v) is 11.8. The fraction of sp³-hybridized carbons (Fsp3) is 0.294. The van der Waals surface area contributed by atoms with Crippen LogP contribution in [0.25, 0.3) is 11.8 Å². The molecule has 104 valence electrons. The number of hydrogen-bond acceptors (Lipinski definition) is 2. The van der Waals surface area contributed by atoms with E-state index in [4.69, 9.17) is 0 Å². The Labute approximate surface area is 119 Å². The van der Waals surface area contributed by atoms with Crippen molar-refractivity contribution in [1.29, 1.82) is 0 Å². The molecule has 0 amide bonds. The first-order valence-electron chi connectivity index (χ1n) is 7.11. The first-order chi connectivity index (χ1) is 9.81. The van der Waals surface area contributed by atoms with Crippen LogP contribution in [0.1, 0.15) is 38.2 Å². The molecule has 3 heteroatoms. The van der Waals surface area contributed by atoms with Crippen LogP contribution in [0, 0.1) is 0 Å². The zero-order chi connectivity index (χ0) is 14.2. The van der Waals surface area contributed by atoms with Gasteiger partial charge in [0.15, 0.2) is 5.78 Å². The highest BCUT2D eigenvalue weighted by Crippen LogP contribution is 2.15. The first-order valence-corrected chi connectivity index (χ1v) is 7.11. The topological polar surface area (TPSA) is 34.9 Å². The third-order valence-corrected chi connectivity index (χ3v) is 3.15. The Hall–Kier alpha value is -2.16. The average Bonchev–Trinajstić information content (AvgIpc) is 3.00. The van der Waals surface area contributed by atoms with Gasteiger partial charge in [0, 0.05) is 18.8 Å². The summed E-state index contributed by atoms with van der Waals surface area (Å²) in [6.45, 7) is 2.14. The smallest absolute Gasteiger partial charge is 0.181 e. The largest absolute Gasteiger partial charge is 0.292 e. The van der Waals surface area contributed by atoms with E-state index in [9.17, 15) is 4.79 Å². The van der Waals surface area contributed by atoms with Crippen LogP contribution in [0.4, 0.5) is 0 Å². The van der Waals surface area contributed by atoms with Crippen LogP contribution in [-0.2, 0) is 4.79 Å². The number of Topliss-reactive ketones (excluding diaryl/α,β-unsaturated/α-hetero) is 1. The fourth-order valence-corrected chi connectivity index (χ4v) is 2.06. The van der Waals surface area contributed by atoms with E-state index in [-0.39, 0.29) is 5.78 Å². The van der Waals surface area contributed by atoms with Gasteiger partial charge in [-0.05, 0) is 24.1 Å². The van der Waals surface area contributed by atoms with Gasteiger partial charge in [0.05, 0.1) is 0 Å². The number of hydrogen-bond donors (Lipinski definition) is 0. The molecule has 0 aliphatic rings. The summed E-state index contributed by atoms with van der Waals surface area (Å²) in [6.07, 6.45) is 9.12. The predicted octanol–water partition coefficient (Wildman–Crippen LogP) is 4.03. The van der Waals surface area contributed by atoms with E-state index in [0.29, 0.717) is 12.1 Å². The van der Waals surface area contributed by atoms with Gasteiger partial charge in [-0.3, -0.25) is 4.79 Å². The molecule has 3 nitrogen and oxygen atoms in total. The van der Waals surface area contributed by atoms with Crippen LogP contribution < -0.4 is 0 Å². The van der Waals surface area contributed by atoms with E-state index < -0.39 is 0 Å². The lowest BCUT2D eigenvalue weighted by molar-refractivity contribution is -0.114. The SMILES string of the molecule is CCCCCC(=O)/C(=C/c1ccccc1)n1cccn1. The second-order valence-corrected chi connectivity index (χ2v) is 4.77. The van der Waals surface area contributed by atoms with Gasteiger partial charge in [-0.1, -0.05) is 50.1 Å². The number of carbonyl (C=O) groups excluding carboxylic acids is 1. The van der Waals surface area contributed by atoms with E-state index in [0.717, 1.165) is 24.8 Å². The number of rotatable bonds is 7. The molecule has 2 rings (SSSR count). The maximum atomic E-state index is 12.4. The third-order valence-electron chi connectivity index (χ3n) is 3.15. The van der Waals surface area contributed by atoms with Crippen molar-refractivity contribution < 1.29 is 4.79 Å². The van der Waals surface area contributed by atoms with Gasteiger partial charge >= 0.3 is 0 Å². The quantitative estimate of drug-likeness (QED) is 0.561. The monoisotopic (exact) mass is 268 g/mol. The van der Waals surface area contributed by atoms with E-state index in [2.05, 4.69) is 12.0 Å². The summed E-state index contributed by atoms with van der Waals surface area (Å²) >= 11 is 0. The normalized spacial score (nSPS) is 11.6. The van der Waals surface area contributed by atoms with Crippen LogP contribution >= 0.6 is 0 Å². The lowest BCUT2D eigenvalue weighted by Gasteiger charge is -2.07. The molecule has 0 N–H and O–H groups in total. The third kappa shape index (κ3) is 3.92. The van der Waals surface area contributed by atoms with Crippen molar-refractivity contribution >= 4 is 17.6 Å². The van der Waals surface area contributed by atoms with E-state index >= 15 is 0 Å². The lowest BCUT2D eigenvalue weighted by Crippen LogP contribution is -2.09. The molecule has 0 unspecified atom stereocenters. The summed E-state index contributed by atoms with van der Waals surface area (Å²) in [7, 11) is 0. The van der Waals surface area contributed by atoms with Gasteiger partial charge in [0.25, 0.3) is 0 Å². The van der Waals surface area contributed by atoms with Crippen LogP contribution in [-0.4, -0.2) is 15.6 Å². The highest BCUT2D eigenvalue weighted by atomic mass is 16.1. The number of ketones is 1. The Kier molecular flexibility index (Phi) is 5.30. The van der Waals surface area contributed by atoms with E-state index in [1.807, 2.05) is 48.7 Å². The van der Waals surface area contributed by atoms with Crippen molar-refractivity contribution in [3.8, 4) is 0 Å². The molecule has 20 heavy (non-hydrogen) atoms. The number of unbranched alkanes of at least 4 members (excludes halogenated alkanes) is 2. The Morgan fingerprint density at radius 1 is 1.20 bits per heavy atom. The number of carbonyl (C=O) groups is 1. The molecule has 0 fully saturated rings. The van der Waals surface area contributed by atoms with E-state index in [1.165, 1.54) is 0 Å². The molecule has 1 heterocycles. The van der Waals surface area contributed by atoms with Gasteiger partial charge in [0.1, 0.15) is 5.70 Å². The van der Waals surface area contributed by atoms with Gasteiger partial charge in [-0.15, -0.1) is 0 Å². The van der Waals surface area contributed by atoms with Crippen LogP contribution in [0.2, 0.25) is 0 Å². The van der Waals surface area contributed by atoms with Crippen molar-refractivity contribution in [2.45, 2.75) is 32.6 Å². The Bertz CT molecular complexity index is 556. The van der Waals surface area contributed by atoms with Gasteiger partial charge in [-0.25, -0.2) is 4.68 Å². The van der Waals surface area contributed by atoms with Crippen molar-refractivity contribution in [3.05, 3.63) is 54.4 Å². The summed E-state index contributed by atoms with van der Waals surface area (Å²) in [5, 5.41) is 4.19. The van der Waals surface area contributed by atoms with Gasteiger partial charge in [0.2, 0.25) is 0 Å². The Morgan fingerprint density at radius 2 is 2.00 bits per heavy atom. The number of nitrogens with zero attached hydrogens (tertiary/aromatic N) is 2. The summed E-state index contributed by atoms with van der Waals surface area (Å²) in [6, 6.07) is 11.7. The Balaban J connectivity index is 2.22. The second-order valence-electron chi connectivity index (χ2n) is 4.77. The van der Waals surface area contributed by atoms with Crippen molar-refractivity contribution in [2.75, 3.05) is 0 Å². The van der Waals surface area contributed by atoms with Crippen molar-refractivity contribution in [1.82, 2.24) is 9.78 Å². The molecule has 2 aromatic rings. The minimum atomic E-state index is 0.144. The lowest BCUT2D eigenvalue weighted by atomic mass is 10.1. The molecular formula is C17H20N2O. The summed E-state index contributed by atoms with van der Waals surface area (Å²) in [5.74, 6) is 0.144. The second kappa shape index (κ2) is 7.43. The van der Waals surface area contributed by atoms with Crippen LogP contribution in [0.5, 0.6) is 0 Å². The summed E-state index contributed by atoms with van der Waals surface area (Å²) < 4.78 is 1.65. The van der Waals surface area contributed by atoms with Gasteiger partial charge in [-0.2, -0.15) is 5.10 Å². The average molecular weight is 268 g/mol. The maximum Gasteiger partial charge on any atom is 0.181 e. The van der Waals surface area contributed by atoms with Gasteiger partial charge < -0.3 is 0 Å². The zero-order valence-electron chi connectivity index (χ0n) is 11.8. The highest BCUT2D eigenvalue weighted by molar-refractivity contribution is 6.19. The molecule has 0 radical (unpaired) electrons. The standard InChI is InChI=1S/C17H20N2O/c1-2-3-5-11-17(20)16(19-13-8-12-18-19)14-15-9-6-4-7-10-15/h4,6-10,12-14H,2-3,5,11H2,1H3/b16-14-. The summed E-state index contributed by atoms with van der Waals surface area (Å²) in [5.41, 5.74) is 1.65. The van der Waals surface area contributed by atoms with E-state index in [1.54, 1.807) is 10.9 Å². The predicted molar refractivity (Wildman–Crippen MR) is 82.0 cm³/mol. The molecule has 0 saturated carbocycles. The number of allylic oxidation sites excluding steroid dienone is 1. The first kappa shape index (κ1) is 14.3. The number of benzene rings is 1. The minimum Gasteiger partial charge on any atom is -0.292 e. The Morgan fingerprint density at radius 3 is 2.65 bits per heavy atom. The molecule has 0 aliphatic heterocycles. The molecule has 0 spiro atoms. The summed E-state index contributed by atoms with van der Waals surface area (Å²) in [4.78, 5) is 12.4. The molecule has 0 saturated heterocycles. The molecule has 0 aliphatic carbocycles. The molecule has 1 aromatic heterocycles. The maximum absolute atomic E-state index is 12.4. The van der Waals surface area contributed by atoms with Crippen molar-refractivity contribution in [3.63, 3.8) is 0 Å². The fourth-order valence-electron chi connectivity index (χ4n) is 2.06. The van der Waals surface area contributed by atoms with Crippen molar-refractivity contribution in [2.24, 2.45) is 0 Å². The highest BCUT2D eigenvalue weighted by Gasteiger charge is 2.11. The number of aromatic nitrogens is 2. The van der Waals surface area contributed by atoms with Crippen LogP contribution in [0.3, 0.4) is 0 Å². The molecule has 0 atom stereocenters. The van der Waals surface area contributed by atoms with Crippen LogP contribution in [0.15, 0.2) is 48.8 Å². The molecular weight excluding hydrogens is 248 g/mol. The molecule has 0 bridgehead atoms. The minimum absolute atomic E-state index is 0.144.